The molecule has 0 bridgehead atoms. The smallest absolute Gasteiger partial charge is 0.146 e. The number of carbonyl (C=O) groups excluding carboxylic acids is 1. The van der Waals surface area contributed by atoms with Gasteiger partial charge in [0, 0.05) is 0 Å². The van der Waals surface area contributed by atoms with Crippen molar-refractivity contribution in [1.82, 2.24) is 0 Å². The molecule has 0 atom stereocenters. The van der Waals surface area contributed by atoms with Crippen molar-refractivity contribution in [3.63, 3.8) is 0 Å². The van der Waals surface area contributed by atoms with Gasteiger partial charge in [-0.1, -0.05) is 30.3 Å². The third-order valence-corrected chi connectivity index (χ3v) is 1.98. The van der Waals surface area contributed by atoms with Gasteiger partial charge in [-0.05, 0) is 30.6 Å². The first-order chi connectivity index (χ1) is 5.75. The summed E-state index contributed by atoms with van der Waals surface area (Å²) in [4.78, 5) is 10.5. The summed E-state index contributed by atoms with van der Waals surface area (Å²) >= 11 is 0. The number of hydrogen-bond acceptors (Lipinski definition) is 1. The van der Waals surface area contributed by atoms with Crippen LogP contribution in [0, 0.1) is 0 Å². The van der Waals surface area contributed by atoms with Gasteiger partial charge in [-0.2, -0.15) is 0 Å². The highest BCUT2D eigenvalue weighted by Gasteiger charge is 1.97. The number of rotatable bonds is 2. The van der Waals surface area contributed by atoms with Crippen molar-refractivity contribution in [3.05, 3.63) is 41.5 Å². The standard InChI is InChI=1S/C11H12O/c1-9(8-12)10(2)11-6-4-3-5-7-11/h3-8H,1-2H3/b10-9+. The van der Waals surface area contributed by atoms with Crippen LogP contribution < -0.4 is 0 Å². The molecule has 0 aliphatic heterocycles. The number of allylic oxidation sites excluding steroid dienone is 2. The summed E-state index contributed by atoms with van der Waals surface area (Å²) in [6.07, 6.45) is 0.891. The van der Waals surface area contributed by atoms with E-state index in [9.17, 15) is 4.79 Å². The van der Waals surface area contributed by atoms with Gasteiger partial charge >= 0.3 is 0 Å². The molecule has 0 heterocycles. The van der Waals surface area contributed by atoms with Gasteiger partial charge in [-0.3, -0.25) is 4.79 Å². The maximum atomic E-state index is 10.5. The lowest BCUT2D eigenvalue weighted by Crippen LogP contribution is -1.85. The first-order valence-corrected chi connectivity index (χ1v) is 3.94. The van der Waals surface area contributed by atoms with E-state index < -0.39 is 0 Å². The van der Waals surface area contributed by atoms with Crippen molar-refractivity contribution in [2.45, 2.75) is 13.8 Å². The molecule has 0 aromatic heterocycles. The van der Waals surface area contributed by atoms with Crippen molar-refractivity contribution in [2.24, 2.45) is 0 Å². The first kappa shape index (κ1) is 8.72. The second-order valence-corrected chi connectivity index (χ2v) is 2.79. The van der Waals surface area contributed by atoms with E-state index in [1.165, 1.54) is 0 Å². The fourth-order valence-electron chi connectivity index (χ4n) is 1.00. The highest BCUT2D eigenvalue weighted by atomic mass is 16.1. The molecule has 0 fully saturated rings. The SMILES string of the molecule is C/C(C=O)=C(/C)c1ccccc1. The third-order valence-electron chi connectivity index (χ3n) is 1.98. The minimum absolute atomic E-state index is 0.793. The zero-order valence-electron chi connectivity index (χ0n) is 7.37. The van der Waals surface area contributed by atoms with E-state index in [1.54, 1.807) is 0 Å². The third kappa shape index (κ3) is 1.82. The van der Waals surface area contributed by atoms with Gasteiger partial charge in [0.1, 0.15) is 6.29 Å². The van der Waals surface area contributed by atoms with Crippen LogP contribution in [-0.2, 0) is 4.79 Å². The predicted octanol–water partition coefficient (Wildman–Crippen LogP) is 2.68. The van der Waals surface area contributed by atoms with Crippen LogP contribution in [0.3, 0.4) is 0 Å². The van der Waals surface area contributed by atoms with E-state index in [1.807, 2.05) is 44.2 Å². The van der Waals surface area contributed by atoms with Crippen LogP contribution in [0.2, 0.25) is 0 Å². The van der Waals surface area contributed by atoms with Gasteiger partial charge in [0.25, 0.3) is 0 Å². The van der Waals surface area contributed by atoms with Gasteiger partial charge in [0.05, 0.1) is 0 Å². The fourth-order valence-corrected chi connectivity index (χ4v) is 1.00. The zero-order chi connectivity index (χ0) is 8.97. The van der Waals surface area contributed by atoms with Gasteiger partial charge in [0.2, 0.25) is 0 Å². The largest absolute Gasteiger partial charge is 0.298 e. The predicted molar refractivity (Wildman–Crippen MR) is 50.8 cm³/mol. The Hall–Kier alpha value is -1.37. The lowest BCUT2D eigenvalue weighted by molar-refractivity contribution is -0.104. The van der Waals surface area contributed by atoms with Gasteiger partial charge in [-0.25, -0.2) is 0 Å². The normalized spacial score (nSPS) is 12.2. The summed E-state index contributed by atoms with van der Waals surface area (Å²) in [5.41, 5.74) is 2.95. The highest BCUT2D eigenvalue weighted by Crippen LogP contribution is 2.15. The van der Waals surface area contributed by atoms with Crippen LogP contribution >= 0.6 is 0 Å². The molecule has 1 nitrogen and oxygen atoms in total. The summed E-state index contributed by atoms with van der Waals surface area (Å²) in [6.45, 7) is 3.79. The van der Waals surface area contributed by atoms with Crippen molar-refractivity contribution in [2.75, 3.05) is 0 Å². The number of carbonyl (C=O) groups is 1. The molecule has 0 radical (unpaired) electrons. The quantitative estimate of drug-likeness (QED) is 0.480. The first-order valence-electron chi connectivity index (χ1n) is 3.94. The van der Waals surface area contributed by atoms with Crippen molar-refractivity contribution >= 4 is 11.9 Å². The van der Waals surface area contributed by atoms with Crippen LogP contribution in [0.1, 0.15) is 19.4 Å². The zero-order valence-corrected chi connectivity index (χ0v) is 7.37. The Morgan fingerprint density at radius 1 is 1.17 bits per heavy atom. The highest BCUT2D eigenvalue weighted by molar-refractivity contribution is 5.86. The lowest BCUT2D eigenvalue weighted by atomic mass is 10.0. The molecule has 1 heteroatoms. The molecule has 1 rings (SSSR count). The Labute approximate surface area is 72.7 Å². The number of aldehydes is 1. The van der Waals surface area contributed by atoms with E-state index in [4.69, 9.17) is 0 Å². The molecular weight excluding hydrogens is 148 g/mol. The molecule has 0 aliphatic carbocycles. The summed E-state index contributed by atoms with van der Waals surface area (Å²) in [5, 5.41) is 0. The molecule has 0 N–H and O–H groups in total. The Kier molecular flexibility index (Phi) is 2.81. The summed E-state index contributed by atoms with van der Waals surface area (Å²) in [6, 6.07) is 9.91. The van der Waals surface area contributed by atoms with Crippen LogP contribution in [0.4, 0.5) is 0 Å². The molecule has 62 valence electrons. The maximum Gasteiger partial charge on any atom is 0.146 e. The molecule has 1 aromatic rings. The summed E-state index contributed by atoms with van der Waals surface area (Å²) in [7, 11) is 0. The number of benzene rings is 1. The summed E-state index contributed by atoms with van der Waals surface area (Å²) in [5.74, 6) is 0. The van der Waals surface area contributed by atoms with Crippen molar-refractivity contribution < 1.29 is 4.79 Å². The maximum absolute atomic E-state index is 10.5. The van der Waals surface area contributed by atoms with E-state index in [0.29, 0.717) is 0 Å². The van der Waals surface area contributed by atoms with Crippen LogP contribution in [0.5, 0.6) is 0 Å². The van der Waals surface area contributed by atoms with Gasteiger partial charge in [-0.15, -0.1) is 0 Å². The van der Waals surface area contributed by atoms with Crippen molar-refractivity contribution in [3.8, 4) is 0 Å². The Bertz CT molecular complexity index is 296. The second kappa shape index (κ2) is 3.86. The Balaban J connectivity index is 3.08. The molecule has 1 aromatic carbocycles. The Morgan fingerprint density at radius 3 is 2.25 bits per heavy atom. The fraction of sp³-hybridized carbons (Fsp3) is 0.182. The molecule has 0 saturated carbocycles. The van der Waals surface area contributed by atoms with Gasteiger partial charge in [0.15, 0.2) is 0 Å². The van der Waals surface area contributed by atoms with Gasteiger partial charge < -0.3 is 0 Å². The van der Waals surface area contributed by atoms with E-state index >= 15 is 0 Å². The molecule has 0 amide bonds. The topological polar surface area (TPSA) is 17.1 Å². The van der Waals surface area contributed by atoms with Crippen LogP contribution in [0.25, 0.3) is 5.57 Å². The van der Waals surface area contributed by atoms with Crippen molar-refractivity contribution in [1.29, 1.82) is 0 Å². The van der Waals surface area contributed by atoms with Crippen LogP contribution in [-0.4, -0.2) is 6.29 Å². The second-order valence-electron chi connectivity index (χ2n) is 2.79. The summed E-state index contributed by atoms with van der Waals surface area (Å²) < 4.78 is 0. The average Bonchev–Trinajstić information content (AvgIpc) is 2.17. The average molecular weight is 160 g/mol. The Morgan fingerprint density at radius 2 is 1.75 bits per heavy atom. The molecule has 0 aliphatic rings. The van der Waals surface area contributed by atoms with E-state index in [0.717, 1.165) is 23.0 Å². The van der Waals surface area contributed by atoms with E-state index in [-0.39, 0.29) is 0 Å². The monoisotopic (exact) mass is 160 g/mol. The van der Waals surface area contributed by atoms with Crippen LogP contribution in [0.15, 0.2) is 35.9 Å². The van der Waals surface area contributed by atoms with E-state index in [2.05, 4.69) is 0 Å². The molecule has 0 unspecified atom stereocenters. The molecule has 0 saturated heterocycles. The minimum atomic E-state index is 0.793. The lowest BCUT2D eigenvalue weighted by Gasteiger charge is -2.01. The molecular formula is C11H12O. The number of hydrogen-bond donors (Lipinski definition) is 0. The molecule has 12 heavy (non-hydrogen) atoms. The molecule has 0 spiro atoms. The minimum Gasteiger partial charge on any atom is -0.298 e.